The average Bonchev–Trinajstić information content (AvgIpc) is 3.00. The molecular formula is C13H13ClFN3. The van der Waals surface area contributed by atoms with Crippen LogP contribution in [0.25, 0.3) is 0 Å². The third-order valence-electron chi connectivity index (χ3n) is 3.37. The van der Waals surface area contributed by atoms with Crippen LogP contribution >= 0.6 is 11.6 Å². The van der Waals surface area contributed by atoms with E-state index in [2.05, 4.69) is 15.1 Å². The van der Waals surface area contributed by atoms with Gasteiger partial charge in [0.05, 0.1) is 12.2 Å². The second-order valence-electron chi connectivity index (χ2n) is 4.46. The number of aromatic amines is 1. The minimum atomic E-state index is -0.245. The Morgan fingerprint density at radius 2 is 2.28 bits per heavy atom. The van der Waals surface area contributed by atoms with Gasteiger partial charge in [-0.25, -0.2) is 4.39 Å². The van der Waals surface area contributed by atoms with E-state index in [-0.39, 0.29) is 11.9 Å². The van der Waals surface area contributed by atoms with Gasteiger partial charge in [-0.2, -0.15) is 5.10 Å². The zero-order chi connectivity index (χ0) is 12.5. The van der Waals surface area contributed by atoms with Gasteiger partial charge in [0.1, 0.15) is 11.6 Å². The third-order valence-corrected chi connectivity index (χ3v) is 3.71. The SMILES string of the molecule is Fc1ccc(Cl)c([C@H]2CCCN2c2ccn[nH]2)c1. The molecule has 0 aliphatic carbocycles. The first-order valence-electron chi connectivity index (χ1n) is 5.96. The summed E-state index contributed by atoms with van der Waals surface area (Å²) in [4.78, 5) is 2.19. The molecule has 2 aromatic rings. The molecule has 1 atom stereocenters. The second kappa shape index (κ2) is 4.61. The van der Waals surface area contributed by atoms with Crippen LogP contribution in [0.4, 0.5) is 10.2 Å². The molecular weight excluding hydrogens is 253 g/mol. The molecule has 1 aliphatic rings. The fraction of sp³-hybridized carbons (Fsp3) is 0.308. The fourth-order valence-corrected chi connectivity index (χ4v) is 2.80. The van der Waals surface area contributed by atoms with Crippen molar-refractivity contribution in [3.8, 4) is 0 Å². The molecule has 94 valence electrons. The Hall–Kier alpha value is -1.55. The molecule has 0 bridgehead atoms. The van der Waals surface area contributed by atoms with Gasteiger partial charge in [-0.1, -0.05) is 11.6 Å². The number of H-pyrrole nitrogens is 1. The van der Waals surface area contributed by atoms with Gasteiger partial charge in [0.2, 0.25) is 0 Å². The zero-order valence-electron chi connectivity index (χ0n) is 9.74. The topological polar surface area (TPSA) is 31.9 Å². The summed E-state index contributed by atoms with van der Waals surface area (Å²) < 4.78 is 13.4. The highest BCUT2D eigenvalue weighted by Gasteiger charge is 2.28. The molecule has 3 rings (SSSR count). The summed E-state index contributed by atoms with van der Waals surface area (Å²) in [6.45, 7) is 0.930. The molecule has 0 unspecified atom stereocenters. The molecule has 1 N–H and O–H groups in total. The van der Waals surface area contributed by atoms with Crippen molar-refractivity contribution in [1.29, 1.82) is 0 Å². The Kier molecular flexibility index (Phi) is 2.96. The highest BCUT2D eigenvalue weighted by molar-refractivity contribution is 6.31. The van der Waals surface area contributed by atoms with Gasteiger partial charge in [-0.15, -0.1) is 0 Å². The van der Waals surface area contributed by atoms with Crippen LogP contribution in [0.15, 0.2) is 30.5 Å². The second-order valence-corrected chi connectivity index (χ2v) is 4.87. The van der Waals surface area contributed by atoms with E-state index in [0.717, 1.165) is 30.8 Å². The molecule has 0 spiro atoms. The average molecular weight is 266 g/mol. The first-order valence-corrected chi connectivity index (χ1v) is 6.34. The lowest BCUT2D eigenvalue weighted by Gasteiger charge is -2.26. The first kappa shape index (κ1) is 11.5. The molecule has 5 heteroatoms. The molecule has 1 aromatic heterocycles. The van der Waals surface area contributed by atoms with Crippen molar-refractivity contribution in [3.63, 3.8) is 0 Å². The van der Waals surface area contributed by atoms with Crippen molar-refractivity contribution < 1.29 is 4.39 Å². The lowest BCUT2D eigenvalue weighted by atomic mass is 10.0. The van der Waals surface area contributed by atoms with Gasteiger partial charge in [0.15, 0.2) is 0 Å². The van der Waals surface area contributed by atoms with E-state index in [1.807, 2.05) is 6.07 Å². The summed E-state index contributed by atoms with van der Waals surface area (Å²) in [7, 11) is 0. The van der Waals surface area contributed by atoms with Crippen LogP contribution in [0.3, 0.4) is 0 Å². The van der Waals surface area contributed by atoms with E-state index in [4.69, 9.17) is 11.6 Å². The maximum atomic E-state index is 13.4. The normalized spacial score (nSPS) is 19.4. The molecule has 1 saturated heterocycles. The van der Waals surface area contributed by atoms with Crippen LogP contribution in [0.2, 0.25) is 5.02 Å². The minimum Gasteiger partial charge on any atom is -0.350 e. The Bertz CT molecular complexity index is 541. The quantitative estimate of drug-likeness (QED) is 0.901. The van der Waals surface area contributed by atoms with Crippen molar-refractivity contribution >= 4 is 17.4 Å². The number of halogens is 2. The lowest BCUT2D eigenvalue weighted by molar-refractivity contribution is 0.618. The molecule has 1 aliphatic heterocycles. The number of nitrogens with one attached hydrogen (secondary N) is 1. The van der Waals surface area contributed by atoms with Crippen LogP contribution < -0.4 is 4.90 Å². The summed E-state index contributed by atoms with van der Waals surface area (Å²) in [6, 6.07) is 6.58. The smallest absolute Gasteiger partial charge is 0.124 e. The first-order chi connectivity index (χ1) is 8.75. The summed E-state index contributed by atoms with van der Waals surface area (Å²) >= 11 is 6.18. The molecule has 0 saturated carbocycles. The van der Waals surface area contributed by atoms with Gasteiger partial charge in [-0.05, 0) is 36.6 Å². The van der Waals surface area contributed by atoms with Crippen molar-refractivity contribution in [1.82, 2.24) is 10.2 Å². The third kappa shape index (κ3) is 1.97. The maximum Gasteiger partial charge on any atom is 0.124 e. The summed E-state index contributed by atoms with van der Waals surface area (Å²) in [5.41, 5.74) is 0.851. The number of hydrogen-bond acceptors (Lipinski definition) is 2. The van der Waals surface area contributed by atoms with Gasteiger partial charge >= 0.3 is 0 Å². The van der Waals surface area contributed by atoms with Gasteiger partial charge in [0, 0.05) is 17.6 Å². The van der Waals surface area contributed by atoms with E-state index in [1.165, 1.54) is 12.1 Å². The molecule has 3 nitrogen and oxygen atoms in total. The van der Waals surface area contributed by atoms with E-state index in [0.29, 0.717) is 5.02 Å². The van der Waals surface area contributed by atoms with Crippen LogP contribution in [-0.2, 0) is 0 Å². The van der Waals surface area contributed by atoms with E-state index < -0.39 is 0 Å². The predicted octanol–water partition coefficient (Wildman–Crippen LogP) is 3.54. The largest absolute Gasteiger partial charge is 0.350 e. The zero-order valence-corrected chi connectivity index (χ0v) is 10.5. The molecule has 2 heterocycles. The van der Waals surface area contributed by atoms with Gasteiger partial charge in [0.25, 0.3) is 0 Å². The van der Waals surface area contributed by atoms with Crippen LogP contribution in [0, 0.1) is 5.82 Å². The van der Waals surface area contributed by atoms with E-state index in [9.17, 15) is 4.39 Å². The Balaban J connectivity index is 1.97. The van der Waals surface area contributed by atoms with Gasteiger partial charge in [-0.3, -0.25) is 5.10 Å². The molecule has 0 radical (unpaired) electrons. The number of nitrogens with zero attached hydrogens (tertiary/aromatic N) is 2. The summed E-state index contributed by atoms with van der Waals surface area (Å²) in [5, 5.41) is 7.53. The molecule has 0 amide bonds. The highest BCUT2D eigenvalue weighted by atomic mass is 35.5. The van der Waals surface area contributed by atoms with Crippen molar-refractivity contribution in [2.75, 3.05) is 11.4 Å². The number of benzene rings is 1. The minimum absolute atomic E-state index is 0.119. The number of hydrogen-bond donors (Lipinski definition) is 1. The Morgan fingerprint density at radius 3 is 3.06 bits per heavy atom. The van der Waals surface area contributed by atoms with Crippen LogP contribution in [0.1, 0.15) is 24.4 Å². The van der Waals surface area contributed by atoms with Gasteiger partial charge < -0.3 is 4.90 Å². The Morgan fingerprint density at radius 1 is 1.39 bits per heavy atom. The van der Waals surface area contributed by atoms with Crippen molar-refractivity contribution in [2.45, 2.75) is 18.9 Å². The molecule has 18 heavy (non-hydrogen) atoms. The molecule has 1 fully saturated rings. The summed E-state index contributed by atoms with van der Waals surface area (Å²) in [6.07, 6.45) is 3.76. The van der Waals surface area contributed by atoms with Crippen LogP contribution in [-0.4, -0.2) is 16.7 Å². The summed E-state index contributed by atoms with van der Waals surface area (Å²) in [5.74, 6) is 0.712. The highest BCUT2D eigenvalue weighted by Crippen LogP contribution is 2.38. The number of anilines is 1. The fourth-order valence-electron chi connectivity index (χ4n) is 2.56. The predicted molar refractivity (Wildman–Crippen MR) is 69.3 cm³/mol. The van der Waals surface area contributed by atoms with Crippen LogP contribution in [0.5, 0.6) is 0 Å². The van der Waals surface area contributed by atoms with Crippen molar-refractivity contribution in [2.24, 2.45) is 0 Å². The number of aromatic nitrogens is 2. The Labute approximate surface area is 110 Å². The monoisotopic (exact) mass is 265 g/mol. The lowest BCUT2D eigenvalue weighted by Crippen LogP contribution is -2.23. The molecule has 1 aromatic carbocycles. The van der Waals surface area contributed by atoms with E-state index >= 15 is 0 Å². The number of rotatable bonds is 2. The maximum absolute atomic E-state index is 13.4. The standard InChI is InChI=1S/C13H13ClFN3/c14-11-4-3-9(15)8-10(11)12-2-1-7-18(12)13-5-6-16-17-13/h3-6,8,12H,1-2,7H2,(H,16,17)/t12-/m1/s1. The van der Waals surface area contributed by atoms with E-state index in [1.54, 1.807) is 12.3 Å². The van der Waals surface area contributed by atoms with Crippen molar-refractivity contribution in [3.05, 3.63) is 46.9 Å².